The van der Waals surface area contributed by atoms with Crippen molar-refractivity contribution >= 4 is 21.8 Å². The van der Waals surface area contributed by atoms with Crippen molar-refractivity contribution in [1.29, 1.82) is 0 Å². The number of hydrogen-bond acceptors (Lipinski definition) is 2. The fraction of sp³-hybridized carbons (Fsp3) is 0.0800. The second-order valence-electron chi connectivity index (χ2n) is 7.29. The molecule has 5 rings (SSSR count). The number of H-pyrrole nitrogens is 2. The van der Waals surface area contributed by atoms with Gasteiger partial charge in [0.2, 0.25) is 0 Å². The fourth-order valence-electron chi connectivity index (χ4n) is 4.04. The van der Waals surface area contributed by atoms with Gasteiger partial charge in [0.25, 0.3) is 11.2 Å². The number of hydrogen-bond donors (Lipinski definition) is 1. The molecule has 0 atom stereocenters. The highest BCUT2D eigenvalue weighted by Gasteiger charge is 2.20. The van der Waals surface area contributed by atoms with Crippen LogP contribution in [0.1, 0.15) is 5.56 Å². The molecule has 5 heteroatoms. The molecule has 5 aromatic rings. The van der Waals surface area contributed by atoms with Gasteiger partial charge < -0.3 is 0 Å². The smallest absolute Gasteiger partial charge is 0.268 e. The zero-order chi connectivity index (χ0) is 20.5. The molecule has 0 fully saturated rings. The van der Waals surface area contributed by atoms with Crippen molar-refractivity contribution in [3.05, 3.63) is 111 Å². The minimum Gasteiger partial charge on any atom is -0.268 e. The third kappa shape index (κ3) is 3.10. The van der Waals surface area contributed by atoms with E-state index in [1.165, 1.54) is 0 Å². The van der Waals surface area contributed by atoms with Crippen LogP contribution in [0.5, 0.6) is 0 Å². The predicted molar refractivity (Wildman–Crippen MR) is 118 cm³/mol. The topological polar surface area (TPSA) is 69.0 Å². The number of aromatic nitrogens is 3. The highest BCUT2D eigenvalue weighted by atomic mass is 16.2. The molecule has 0 spiro atoms. The number of aromatic amines is 2. The zero-order valence-corrected chi connectivity index (χ0v) is 16.3. The lowest BCUT2D eigenvalue weighted by Gasteiger charge is -2.09. The van der Waals surface area contributed by atoms with Gasteiger partial charge in [-0.25, -0.2) is 9.78 Å². The molecule has 0 bridgehead atoms. The molecule has 30 heavy (non-hydrogen) atoms. The molecule has 0 aliphatic heterocycles. The first kappa shape index (κ1) is 18.1. The summed E-state index contributed by atoms with van der Waals surface area (Å²) >= 11 is 0. The van der Waals surface area contributed by atoms with E-state index in [-0.39, 0.29) is 5.56 Å². The van der Waals surface area contributed by atoms with Gasteiger partial charge in [-0.05, 0) is 28.0 Å². The molecule has 146 valence electrons. The molecule has 0 aliphatic carbocycles. The lowest BCUT2D eigenvalue weighted by molar-refractivity contribution is -0.349. The van der Waals surface area contributed by atoms with E-state index in [4.69, 9.17) is 0 Å². The molecule has 0 saturated heterocycles. The maximum Gasteiger partial charge on any atom is 0.415 e. The minimum atomic E-state index is -0.408. The number of fused-ring (bicyclic) bond motifs is 2. The molecule has 0 unspecified atom stereocenters. The summed E-state index contributed by atoms with van der Waals surface area (Å²) in [5, 5.41) is 2.65. The monoisotopic (exact) mass is 394 g/mol. The number of rotatable bonds is 4. The van der Waals surface area contributed by atoms with Gasteiger partial charge >= 0.3 is 5.69 Å². The Bertz CT molecular complexity index is 1480. The zero-order valence-electron chi connectivity index (χ0n) is 16.3. The Hall–Kier alpha value is -3.99. The Kier molecular flexibility index (Phi) is 4.48. The van der Waals surface area contributed by atoms with E-state index in [1.54, 1.807) is 10.8 Å². The Labute approximate surface area is 172 Å². The van der Waals surface area contributed by atoms with Crippen molar-refractivity contribution in [3.63, 3.8) is 0 Å². The van der Waals surface area contributed by atoms with Crippen molar-refractivity contribution in [3.8, 4) is 11.1 Å². The second-order valence-corrected chi connectivity index (χ2v) is 7.29. The molecular weight excluding hydrogens is 374 g/mol. The highest BCUT2D eigenvalue weighted by molar-refractivity contribution is 6.02. The third-order valence-electron chi connectivity index (χ3n) is 5.49. The average molecular weight is 394 g/mol. The van der Waals surface area contributed by atoms with Crippen LogP contribution >= 0.6 is 0 Å². The van der Waals surface area contributed by atoms with Gasteiger partial charge in [0.1, 0.15) is 5.39 Å². The van der Waals surface area contributed by atoms with Gasteiger partial charge in [-0.2, -0.15) is 4.57 Å². The van der Waals surface area contributed by atoms with Crippen LogP contribution in [0.2, 0.25) is 0 Å². The lowest BCUT2D eigenvalue weighted by atomic mass is 9.97. The van der Waals surface area contributed by atoms with Crippen molar-refractivity contribution in [2.24, 2.45) is 0 Å². The van der Waals surface area contributed by atoms with Gasteiger partial charge in [-0.1, -0.05) is 72.8 Å². The number of aryl methyl sites for hydroxylation is 2. The summed E-state index contributed by atoms with van der Waals surface area (Å²) in [5.41, 5.74) is 2.64. The van der Waals surface area contributed by atoms with Crippen LogP contribution in [0.15, 0.2) is 94.6 Å². The maximum atomic E-state index is 12.9. The standard InChI is InChI=1S/C25H19N3O2/c29-24-22-21(20-12-6-10-18-9-4-5-11-19(18)20)13-15-26-23(22)28(25(30)27-24)16-14-17-7-2-1-3-8-17/h1-13,15H,14,16H2,(H,27,29,30)/p+1. The predicted octanol–water partition coefficient (Wildman–Crippen LogP) is 3.57. The summed E-state index contributed by atoms with van der Waals surface area (Å²) in [6.07, 6.45) is 2.48. The van der Waals surface area contributed by atoms with Crippen LogP contribution in [0, 0.1) is 0 Å². The summed E-state index contributed by atoms with van der Waals surface area (Å²) in [7, 11) is 0. The van der Waals surface area contributed by atoms with Crippen LogP contribution in [-0.2, 0) is 13.0 Å². The van der Waals surface area contributed by atoms with Crippen molar-refractivity contribution in [2.75, 3.05) is 0 Å². The first-order valence-corrected chi connectivity index (χ1v) is 9.92. The first-order chi connectivity index (χ1) is 14.7. The van der Waals surface area contributed by atoms with Crippen LogP contribution in [-0.4, -0.2) is 9.55 Å². The van der Waals surface area contributed by atoms with Crippen molar-refractivity contribution in [1.82, 2.24) is 9.55 Å². The molecule has 0 saturated carbocycles. The van der Waals surface area contributed by atoms with E-state index < -0.39 is 5.69 Å². The Morgan fingerprint density at radius 2 is 1.57 bits per heavy atom. The number of pyridine rings is 1. The average Bonchev–Trinajstić information content (AvgIpc) is 2.79. The van der Waals surface area contributed by atoms with E-state index in [1.807, 2.05) is 66.7 Å². The minimum absolute atomic E-state index is 0.384. The number of nitrogens with zero attached hydrogens (tertiary/aromatic N) is 1. The van der Waals surface area contributed by atoms with E-state index in [2.05, 4.69) is 22.1 Å². The fourth-order valence-corrected chi connectivity index (χ4v) is 4.04. The Balaban J connectivity index is 1.72. The van der Waals surface area contributed by atoms with E-state index >= 15 is 0 Å². The molecule has 0 amide bonds. The molecule has 2 heterocycles. The lowest BCUT2D eigenvalue weighted by Crippen LogP contribution is -2.34. The second kappa shape index (κ2) is 7.44. The number of nitrogens with one attached hydrogen (secondary N) is 2. The molecule has 0 radical (unpaired) electrons. The Morgan fingerprint density at radius 1 is 0.800 bits per heavy atom. The quantitative estimate of drug-likeness (QED) is 0.506. The van der Waals surface area contributed by atoms with Crippen LogP contribution in [0.3, 0.4) is 0 Å². The van der Waals surface area contributed by atoms with Gasteiger partial charge in [-0.15, -0.1) is 0 Å². The number of benzene rings is 3. The molecular formula is C25H20N3O2+. The normalized spacial score (nSPS) is 11.2. The summed E-state index contributed by atoms with van der Waals surface area (Å²) in [6.45, 7) is 0.464. The van der Waals surface area contributed by atoms with Crippen LogP contribution in [0.4, 0.5) is 0 Å². The molecule has 0 aliphatic rings. The third-order valence-corrected chi connectivity index (χ3v) is 5.49. The first-order valence-electron chi connectivity index (χ1n) is 9.92. The molecule has 2 aromatic heterocycles. The summed E-state index contributed by atoms with van der Waals surface area (Å²) in [4.78, 5) is 31.1. The van der Waals surface area contributed by atoms with Gasteiger partial charge in [0.15, 0.2) is 0 Å². The van der Waals surface area contributed by atoms with E-state index in [0.29, 0.717) is 24.0 Å². The maximum absolute atomic E-state index is 12.9. The Morgan fingerprint density at radius 3 is 2.43 bits per heavy atom. The molecule has 5 nitrogen and oxygen atoms in total. The van der Waals surface area contributed by atoms with E-state index in [0.717, 1.165) is 27.5 Å². The summed E-state index contributed by atoms with van der Waals surface area (Å²) < 4.78 is 1.61. The van der Waals surface area contributed by atoms with Gasteiger partial charge in [0.05, 0.1) is 12.7 Å². The van der Waals surface area contributed by atoms with Crippen LogP contribution < -0.4 is 16.2 Å². The molecule has 2 N–H and O–H groups in total. The van der Waals surface area contributed by atoms with Crippen LogP contribution in [0.25, 0.3) is 32.9 Å². The van der Waals surface area contributed by atoms with E-state index in [9.17, 15) is 9.59 Å². The largest absolute Gasteiger partial charge is 0.415 e. The highest BCUT2D eigenvalue weighted by Crippen LogP contribution is 2.30. The van der Waals surface area contributed by atoms with Gasteiger partial charge in [0, 0.05) is 12.0 Å². The summed E-state index contributed by atoms with van der Waals surface area (Å²) in [6, 6.07) is 26.0. The van der Waals surface area contributed by atoms with Crippen molar-refractivity contribution in [2.45, 2.75) is 13.0 Å². The molecule has 3 aromatic carbocycles. The SMILES string of the molecule is O=c1[nH]c(=O)n(CCc2ccccc2)c2[nH+]ccc(-c3cccc4ccccc34)c12. The van der Waals surface area contributed by atoms with Gasteiger partial charge in [-0.3, -0.25) is 9.78 Å². The summed E-state index contributed by atoms with van der Waals surface area (Å²) in [5.74, 6) is 0. The van der Waals surface area contributed by atoms with Crippen molar-refractivity contribution < 1.29 is 4.98 Å².